The molecule has 0 aliphatic rings. The Kier molecular flexibility index (Phi) is 11.1. The SMILES string of the molecule is CCNC(=NCC(c1c(F)cccc1F)N(C)C)NC(C)CC.I. The molecule has 7 heteroatoms. The van der Waals surface area contributed by atoms with E-state index in [0.29, 0.717) is 5.96 Å². The maximum atomic E-state index is 14.1. The second-order valence-corrected chi connectivity index (χ2v) is 5.79. The van der Waals surface area contributed by atoms with Crippen LogP contribution in [0.5, 0.6) is 0 Å². The van der Waals surface area contributed by atoms with Crippen LogP contribution in [0, 0.1) is 11.6 Å². The van der Waals surface area contributed by atoms with Gasteiger partial charge in [0, 0.05) is 18.2 Å². The van der Waals surface area contributed by atoms with Crippen molar-refractivity contribution in [3.63, 3.8) is 0 Å². The van der Waals surface area contributed by atoms with Gasteiger partial charge in [0.1, 0.15) is 11.6 Å². The predicted octanol–water partition coefficient (Wildman–Crippen LogP) is 3.54. The second-order valence-electron chi connectivity index (χ2n) is 5.79. The number of rotatable bonds is 7. The van der Waals surface area contributed by atoms with E-state index >= 15 is 0 Å². The molecule has 4 nitrogen and oxygen atoms in total. The van der Waals surface area contributed by atoms with Crippen molar-refractivity contribution in [1.82, 2.24) is 15.5 Å². The molecule has 0 amide bonds. The highest BCUT2D eigenvalue weighted by Crippen LogP contribution is 2.24. The molecule has 138 valence electrons. The maximum Gasteiger partial charge on any atom is 0.191 e. The van der Waals surface area contributed by atoms with Crippen molar-refractivity contribution < 1.29 is 8.78 Å². The number of aliphatic imine (C=N–C) groups is 1. The van der Waals surface area contributed by atoms with Crippen LogP contribution in [0.15, 0.2) is 23.2 Å². The van der Waals surface area contributed by atoms with E-state index < -0.39 is 17.7 Å². The summed E-state index contributed by atoms with van der Waals surface area (Å²) in [7, 11) is 3.59. The maximum absolute atomic E-state index is 14.1. The van der Waals surface area contributed by atoms with Gasteiger partial charge < -0.3 is 15.5 Å². The summed E-state index contributed by atoms with van der Waals surface area (Å²) in [6, 6.07) is 3.74. The highest BCUT2D eigenvalue weighted by atomic mass is 127. The van der Waals surface area contributed by atoms with Crippen molar-refractivity contribution in [2.45, 2.75) is 39.3 Å². The van der Waals surface area contributed by atoms with Gasteiger partial charge in [-0.1, -0.05) is 13.0 Å². The quantitative estimate of drug-likeness (QED) is 0.376. The van der Waals surface area contributed by atoms with E-state index in [-0.39, 0.29) is 42.1 Å². The second kappa shape index (κ2) is 11.6. The van der Waals surface area contributed by atoms with Gasteiger partial charge in [-0.3, -0.25) is 4.99 Å². The van der Waals surface area contributed by atoms with Crippen molar-refractivity contribution in [3.05, 3.63) is 35.4 Å². The molecule has 2 atom stereocenters. The fourth-order valence-corrected chi connectivity index (χ4v) is 2.18. The van der Waals surface area contributed by atoms with Crippen LogP contribution in [0.25, 0.3) is 0 Å². The predicted molar refractivity (Wildman–Crippen MR) is 107 cm³/mol. The summed E-state index contributed by atoms with van der Waals surface area (Å²) in [6.45, 7) is 7.11. The van der Waals surface area contributed by atoms with Crippen molar-refractivity contribution in [2.24, 2.45) is 4.99 Å². The lowest BCUT2D eigenvalue weighted by Crippen LogP contribution is -2.42. The molecule has 0 aliphatic heterocycles. The standard InChI is InChI=1S/C17H28F2N4.HI/c1-6-12(3)22-17(20-7-2)21-11-15(23(4)5)16-13(18)9-8-10-14(16)19;/h8-10,12,15H,6-7,11H2,1-5H3,(H2,20,21,22);1H. The molecule has 0 spiro atoms. The Morgan fingerprint density at radius 1 is 1.21 bits per heavy atom. The van der Waals surface area contributed by atoms with Gasteiger partial charge in [0.15, 0.2) is 5.96 Å². The average Bonchev–Trinajstić information content (AvgIpc) is 2.49. The Morgan fingerprint density at radius 3 is 2.25 bits per heavy atom. The molecule has 1 rings (SSSR count). The molecule has 2 N–H and O–H groups in total. The third-order valence-electron chi connectivity index (χ3n) is 3.72. The first kappa shape index (κ1) is 23.0. The Hall–Kier alpha value is -0.960. The molecule has 0 saturated carbocycles. The number of likely N-dealkylation sites (N-methyl/N-ethyl adjacent to an activating group) is 1. The van der Waals surface area contributed by atoms with Crippen LogP contribution >= 0.6 is 24.0 Å². The first-order chi connectivity index (χ1) is 10.9. The largest absolute Gasteiger partial charge is 0.357 e. The molecule has 2 unspecified atom stereocenters. The summed E-state index contributed by atoms with van der Waals surface area (Å²) in [6.07, 6.45) is 0.962. The van der Waals surface area contributed by atoms with Crippen LogP contribution in [-0.4, -0.2) is 44.1 Å². The minimum atomic E-state index is -0.543. The number of benzene rings is 1. The van der Waals surface area contributed by atoms with Crippen LogP contribution in [0.1, 0.15) is 38.8 Å². The van der Waals surface area contributed by atoms with Gasteiger partial charge in [0.2, 0.25) is 0 Å². The lowest BCUT2D eigenvalue weighted by Gasteiger charge is -2.25. The number of hydrogen-bond donors (Lipinski definition) is 2. The number of nitrogens with zero attached hydrogens (tertiary/aromatic N) is 2. The lowest BCUT2D eigenvalue weighted by molar-refractivity contribution is 0.290. The highest BCUT2D eigenvalue weighted by molar-refractivity contribution is 14.0. The van der Waals surface area contributed by atoms with Gasteiger partial charge in [0.25, 0.3) is 0 Å². The molecule has 24 heavy (non-hydrogen) atoms. The molecule has 0 heterocycles. The Bertz CT molecular complexity index is 503. The van der Waals surface area contributed by atoms with Crippen LogP contribution < -0.4 is 10.6 Å². The summed E-state index contributed by atoms with van der Waals surface area (Å²) in [4.78, 5) is 6.28. The van der Waals surface area contributed by atoms with Crippen LogP contribution in [0.2, 0.25) is 0 Å². The molecule has 1 aromatic rings. The van der Waals surface area contributed by atoms with Gasteiger partial charge in [-0.2, -0.15) is 0 Å². The van der Waals surface area contributed by atoms with E-state index in [0.717, 1.165) is 13.0 Å². The van der Waals surface area contributed by atoms with Crippen molar-refractivity contribution in [2.75, 3.05) is 27.2 Å². The Morgan fingerprint density at radius 2 is 1.79 bits per heavy atom. The molecule has 0 bridgehead atoms. The summed E-state index contributed by atoms with van der Waals surface area (Å²) >= 11 is 0. The molecule has 0 fully saturated rings. The zero-order valence-corrected chi connectivity index (χ0v) is 17.4. The highest BCUT2D eigenvalue weighted by Gasteiger charge is 2.22. The van der Waals surface area contributed by atoms with Gasteiger partial charge in [-0.05, 0) is 46.5 Å². The van der Waals surface area contributed by atoms with Crippen molar-refractivity contribution in [1.29, 1.82) is 0 Å². The minimum Gasteiger partial charge on any atom is -0.357 e. The molecule has 0 saturated heterocycles. The molecule has 0 aliphatic carbocycles. The molecular weight excluding hydrogens is 425 g/mol. The summed E-state index contributed by atoms with van der Waals surface area (Å²) in [5.74, 6) is -0.428. The van der Waals surface area contributed by atoms with E-state index in [4.69, 9.17) is 0 Å². The fraction of sp³-hybridized carbons (Fsp3) is 0.588. The first-order valence-corrected chi connectivity index (χ1v) is 8.05. The third kappa shape index (κ3) is 6.88. The van der Waals surface area contributed by atoms with Crippen LogP contribution in [-0.2, 0) is 0 Å². The number of guanidine groups is 1. The molecule has 0 aromatic heterocycles. The smallest absolute Gasteiger partial charge is 0.191 e. The van der Waals surface area contributed by atoms with Gasteiger partial charge in [-0.15, -0.1) is 24.0 Å². The van der Waals surface area contributed by atoms with E-state index in [1.165, 1.54) is 18.2 Å². The molecular formula is C17H29F2IN4. The van der Waals surface area contributed by atoms with E-state index in [1.807, 2.05) is 6.92 Å². The van der Waals surface area contributed by atoms with E-state index in [9.17, 15) is 8.78 Å². The first-order valence-electron chi connectivity index (χ1n) is 8.05. The van der Waals surface area contributed by atoms with Crippen LogP contribution in [0.4, 0.5) is 8.78 Å². The Labute approximate surface area is 161 Å². The lowest BCUT2D eigenvalue weighted by atomic mass is 10.0. The van der Waals surface area contributed by atoms with E-state index in [1.54, 1.807) is 19.0 Å². The Balaban J connectivity index is 0.00000529. The van der Waals surface area contributed by atoms with Crippen molar-refractivity contribution in [3.8, 4) is 0 Å². The number of hydrogen-bond acceptors (Lipinski definition) is 2. The molecule has 1 aromatic carbocycles. The molecule has 0 radical (unpaired) electrons. The third-order valence-corrected chi connectivity index (χ3v) is 3.72. The minimum absolute atomic E-state index is 0. The van der Waals surface area contributed by atoms with E-state index in [2.05, 4.69) is 29.5 Å². The monoisotopic (exact) mass is 454 g/mol. The summed E-state index contributed by atoms with van der Waals surface area (Å²) in [5, 5.41) is 6.43. The topological polar surface area (TPSA) is 39.7 Å². The van der Waals surface area contributed by atoms with Gasteiger partial charge >= 0.3 is 0 Å². The number of halogens is 3. The zero-order valence-electron chi connectivity index (χ0n) is 15.1. The average molecular weight is 454 g/mol. The normalized spacial score (nSPS) is 14.1. The van der Waals surface area contributed by atoms with Crippen LogP contribution in [0.3, 0.4) is 0 Å². The summed E-state index contributed by atoms with van der Waals surface area (Å²) in [5.41, 5.74) is 0.0561. The fourth-order valence-electron chi connectivity index (χ4n) is 2.18. The zero-order chi connectivity index (χ0) is 17.4. The van der Waals surface area contributed by atoms with Gasteiger partial charge in [-0.25, -0.2) is 8.78 Å². The summed E-state index contributed by atoms with van der Waals surface area (Å²) < 4.78 is 28.1. The van der Waals surface area contributed by atoms with Gasteiger partial charge in [0.05, 0.1) is 12.6 Å². The van der Waals surface area contributed by atoms with Crippen molar-refractivity contribution >= 4 is 29.9 Å². The number of nitrogens with one attached hydrogen (secondary N) is 2.